The third-order valence-electron chi connectivity index (χ3n) is 3.63. The number of phenolic OH excluding ortho intramolecular Hbond substituents is 1. The minimum atomic E-state index is 0.197. The van der Waals surface area contributed by atoms with Crippen LogP contribution in [-0.4, -0.2) is 25.5 Å². The van der Waals surface area contributed by atoms with Gasteiger partial charge in [-0.05, 0) is 16.8 Å². The van der Waals surface area contributed by atoms with Crippen molar-refractivity contribution >= 4 is 22.7 Å². The zero-order valence-corrected chi connectivity index (χ0v) is 13.0. The molecule has 116 valence electrons. The van der Waals surface area contributed by atoms with E-state index in [0.717, 1.165) is 10.8 Å². The molecule has 3 rings (SSSR count). The summed E-state index contributed by atoms with van der Waals surface area (Å²) in [5, 5.41) is 12.1. The number of hydrogen-bond acceptors (Lipinski definition) is 4. The van der Waals surface area contributed by atoms with Gasteiger partial charge in [-0.2, -0.15) is 0 Å². The van der Waals surface area contributed by atoms with E-state index < -0.39 is 0 Å². The smallest absolute Gasteiger partial charge is 0.124 e. The number of phenols is 1. The quantitative estimate of drug-likeness (QED) is 0.731. The van der Waals surface area contributed by atoms with Gasteiger partial charge in [-0.1, -0.05) is 30.3 Å². The molecule has 0 fully saturated rings. The summed E-state index contributed by atoms with van der Waals surface area (Å²) in [5.41, 5.74) is 1.37. The lowest BCUT2D eigenvalue weighted by Crippen LogP contribution is -1.88. The third kappa shape index (κ3) is 3.11. The number of aliphatic imine (C=N–C) groups is 1. The molecule has 0 atom stereocenters. The van der Waals surface area contributed by atoms with Gasteiger partial charge in [0.1, 0.15) is 17.2 Å². The standard InChI is InChI=1S/C19H17NO3/c1-22-15-9-14(10-16(11-15)23-2)20-12-18-17-6-4-3-5-13(17)7-8-19(18)21/h3-12,21H,1-2H3. The molecular formula is C19H17NO3. The Bertz CT molecular complexity index is 849. The van der Waals surface area contributed by atoms with E-state index >= 15 is 0 Å². The number of hydrogen-bond donors (Lipinski definition) is 1. The maximum Gasteiger partial charge on any atom is 0.124 e. The fraction of sp³-hybridized carbons (Fsp3) is 0.105. The van der Waals surface area contributed by atoms with Crippen LogP contribution in [-0.2, 0) is 0 Å². The molecule has 0 radical (unpaired) electrons. The number of methoxy groups -OCH3 is 2. The van der Waals surface area contributed by atoms with E-state index in [1.165, 1.54) is 0 Å². The Morgan fingerprint density at radius 3 is 2.30 bits per heavy atom. The van der Waals surface area contributed by atoms with Crippen molar-refractivity contribution < 1.29 is 14.6 Å². The lowest BCUT2D eigenvalue weighted by molar-refractivity contribution is 0.394. The van der Waals surface area contributed by atoms with Crippen molar-refractivity contribution in [1.29, 1.82) is 0 Å². The molecule has 0 bridgehead atoms. The summed E-state index contributed by atoms with van der Waals surface area (Å²) in [7, 11) is 3.19. The molecular weight excluding hydrogens is 290 g/mol. The minimum Gasteiger partial charge on any atom is -0.507 e. The van der Waals surface area contributed by atoms with Crippen LogP contribution in [0.25, 0.3) is 10.8 Å². The van der Waals surface area contributed by atoms with E-state index in [1.807, 2.05) is 30.3 Å². The molecule has 0 aliphatic rings. The van der Waals surface area contributed by atoms with Crippen molar-refractivity contribution in [2.75, 3.05) is 14.2 Å². The van der Waals surface area contributed by atoms with Gasteiger partial charge in [0, 0.05) is 30.0 Å². The Labute approximate surface area is 134 Å². The molecule has 0 heterocycles. The highest BCUT2D eigenvalue weighted by Gasteiger charge is 2.05. The van der Waals surface area contributed by atoms with Crippen LogP contribution >= 0.6 is 0 Å². The fourth-order valence-corrected chi connectivity index (χ4v) is 2.43. The van der Waals surface area contributed by atoms with Crippen LogP contribution in [0, 0.1) is 0 Å². The van der Waals surface area contributed by atoms with Gasteiger partial charge in [-0.25, -0.2) is 0 Å². The summed E-state index contributed by atoms with van der Waals surface area (Å²) in [6, 6.07) is 16.8. The van der Waals surface area contributed by atoms with Crippen LogP contribution in [0.15, 0.2) is 59.6 Å². The lowest BCUT2D eigenvalue weighted by atomic mass is 10.0. The van der Waals surface area contributed by atoms with Gasteiger partial charge in [0.15, 0.2) is 0 Å². The summed E-state index contributed by atoms with van der Waals surface area (Å²) in [4.78, 5) is 4.46. The van der Waals surface area contributed by atoms with Gasteiger partial charge in [-0.15, -0.1) is 0 Å². The average Bonchev–Trinajstić information content (AvgIpc) is 2.60. The highest BCUT2D eigenvalue weighted by Crippen LogP contribution is 2.29. The number of benzene rings is 3. The first-order valence-corrected chi connectivity index (χ1v) is 7.19. The molecule has 1 N–H and O–H groups in total. The third-order valence-corrected chi connectivity index (χ3v) is 3.63. The van der Waals surface area contributed by atoms with Crippen LogP contribution in [0.1, 0.15) is 5.56 Å². The van der Waals surface area contributed by atoms with Crippen molar-refractivity contribution in [1.82, 2.24) is 0 Å². The van der Waals surface area contributed by atoms with E-state index in [4.69, 9.17) is 9.47 Å². The van der Waals surface area contributed by atoms with Crippen LogP contribution in [0.2, 0.25) is 0 Å². The summed E-state index contributed by atoms with van der Waals surface area (Å²) < 4.78 is 10.5. The average molecular weight is 307 g/mol. The molecule has 4 nitrogen and oxygen atoms in total. The predicted octanol–water partition coefficient (Wildman–Crippen LogP) is 4.31. The first-order chi connectivity index (χ1) is 11.2. The second-order valence-corrected chi connectivity index (χ2v) is 5.05. The van der Waals surface area contributed by atoms with Crippen LogP contribution in [0.5, 0.6) is 17.2 Å². The van der Waals surface area contributed by atoms with Gasteiger partial charge in [0.25, 0.3) is 0 Å². The zero-order valence-electron chi connectivity index (χ0n) is 13.0. The number of rotatable bonds is 4. The summed E-state index contributed by atoms with van der Waals surface area (Å²) >= 11 is 0. The van der Waals surface area contributed by atoms with E-state index in [-0.39, 0.29) is 5.75 Å². The SMILES string of the molecule is COc1cc(N=Cc2c(O)ccc3ccccc23)cc(OC)c1. The molecule has 0 aromatic heterocycles. The molecule has 0 saturated carbocycles. The van der Waals surface area contributed by atoms with Crippen LogP contribution in [0.4, 0.5) is 5.69 Å². The molecule has 3 aromatic rings. The molecule has 0 unspecified atom stereocenters. The van der Waals surface area contributed by atoms with E-state index in [9.17, 15) is 5.11 Å². The lowest BCUT2D eigenvalue weighted by Gasteiger charge is -2.07. The second kappa shape index (κ2) is 6.40. The van der Waals surface area contributed by atoms with Gasteiger partial charge in [0.2, 0.25) is 0 Å². The molecule has 0 aliphatic carbocycles. The summed E-state index contributed by atoms with van der Waals surface area (Å²) in [6.07, 6.45) is 1.66. The molecule has 0 spiro atoms. The maximum absolute atomic E-state index is 10.1. The Morgan fingerprint density at radius 2 is 1.61 bits per heavy atom. The van der Waals surface area contributed by atoms with Crippen molar-refractivity contribution in [3.63, 3.8) is 0 Å². The largest absolute Gasteiger partial charge is 0.507 e. The van der Waals surface area contributed by atoms with Gasteiger partial charge in [-0.3, -0.25) is 4.99 Å². The molecule has 4 heteroatoms. The van der Waals surface area contributed by atoms with Crippen LogP contribution < -0.4 is 9.47 Å². The number of nitrogens with zero attached hydrogens (tertiary/aromatic N) is 1. The highest BCUT2D eigenvalue weighted by atomic mass is 16.5. The molecule has 3 aromatic carbocycles. The van der Waals surface area contributed by atoms with Crippen molar-refractivity contribution in [3.8, 4) is 17.2 Å². The number of aromatic hydroxyl groups is 1. The zero-order chi connectivity index (χ0) is 16.2. The first-order valence-electron chi connectivity index (χ1n) is 7.19. The molecule has 0 amide bonds. The summed E-state index contributed by atoms with van der Waals surface area (Å²) in [5.74, 6) is 1.53. The van der Waals surface area contributed by atoms with E-state index in [1.54, 1.807) is 44.7 Å². The maximum atomic E-state index is 10.1. The molecule has 23 heavy (non-hydrogen) atoms. The van der Waals surface area contributed by atoms with Crippen molar-refractivity contribution in [3.05, 3.63) is 60.2 Å². The van der Waals surface area contributed by atoms with Gasteiger partial charge in [0.05, 0.1) is 19.9 Å². The van der Waals surface area contributed by atoms with Crippen molar-refractivity contribution in [2.24, 2.45) is 4.99 Å². The number of fused-ring (bicyclic) bond motifs is 1. The Hall–Kier alpha value is -3.01. The Balaban J connectivity index is 2.05. The topological polar surface area (TPSA) is 51.0 Å². The van der Waals surface area contributed by atoms with E-state index in [0.29, 0.717) is 22.7 Å². The summed E-state index contributed by atoms with van der Waals surface area (Å²) in [6.45, 7) is 0. The fourth-order valence-electron chi connectivity index (χ4n) is 2.43. The second-order valence-electron chi connectivity index (χ2n) is 5.05. The monoisotopic (exact) mass is 307 g/mol. The Morgan fingerprint density at radius 1 is 0.913 bits per heavy atom. The Kier molecular flexibility index (Phi) is 4.15. The normalized spacial score (nSPS) is 11.0. The first kappa shape index (κ1) is 14.9. The molecule has 0 aliphatic heterocycles. The van der Waals surface area contributed by atoms with Gasteiger partial charge < -0.3 is 14.6 Å². The predicted molar refractivity (Wildman–Crippen MR) is 92.4 cm³/mol. The van der Waals surface area contributed by atoms with E-state index in [2.05, 4.69) is 4.99 Å². The minimum absolute atomic E-state index is 0.197. The van der Waals surface area contributed by atoms with Crippen LogP contribution in [0.3, 0.4) is 0 Å². The van der Waals surface area contributed by atoms with Crippen molar-refractivity contribution in [2.45, 2.75) is 0 Å². The van der Waals surface area contributed by atoms with Gasteiger partial charge >= 0.3 is 0 Å². The molecule has 0 saturated heterocycles. The number of ether oxygens (including phenoxy) is 2. The highest BCUT2D eigenvalue weighted by molar-refractivity contribution is 6.03.